The number of carbonyl (C=O) groups excluding carboxylic acids is 1. The highest BCUT2D eigenvalue weighted by Gasteiger charge is 2.36. The molecule has 0 bridgehead atoms. The van der Waals surface area contributed by atoms with Crippen LogP contribution in [0.15, 0.2) is 24.3 Å². The van der Waals surface area contributed by atoms with E-state index in [2.05, 4.69) is 4.90 Å². The van der Waals surface area contributed by atoms with E-state index in [0.717, 1.165) is 24.5 Å². The Morgan fingerprint density at radius 2 is 1.80 bits per heavy atom. The number of rotatable bonds is 3. The van der Waals surface area contributed by atoms with Gasteiger partial charge in [-0.1, -0.05) is 12.1 Å². The molecule has 1 atom stereocenters. The molecule has 2 heterocycles. The number of carboxylic acids is 1. The van der Waals surface area contributed by atoms with Gasteiger partial charge in [-0.05, 0) is 25.0 Å². The van der Waals surface area contributed by atoms with Gasteiger partial charge in [0.2, 0.25) is 5.91 Å². The van der Waals surface area contributed by atoms with Gasteiger partial charge < -0.3 is 14.9 Å². The van der Waals surface area contributed by atoms with Crippen LogP contribution >= 0.6 is 0 Å². The lowest BCUT2D eigenvalue weighted by molar-refractivity contribution is -0.141. The second kappa shape index (κ2) is 5.15. The Kier molecular flexibility index (Phi) is 3.34. The Balaban J connectivity index is 1.90. The van der Waals surface area contributed by atoms with Crippen LogP contribution in [0.3, 0.4) is 0 Å². The maximum Gasteiger partial charge on any atom is 0.308 e. The highest BCUT2D eigenvalue weighted by atomic mass is 16.4. The molecule has 1 aromatic rings. The maximum absolute atomic E-state index is 12.1. The third-order valence-corrected chi connectivity index (χ3v) is 4.09. The first-order valence-corrected chi connectivity index (χ1v) is 7.04. The topological polar surface area (TPSA) is 60.9 Å². The number of benzene rings is 1. The van der Waals surface area contributed by atoms with Crippen LogP contribution in [0.2, 0.25) is 0 Å². The van der Waals surface area contributed by atoms with Crippen LogP contribution in [0.4, 0.5) is 11.4 Å². The number of hydrogen-bond donors (Lipinski definition) is 1. The Morgan fingerprint density at radius 1 is 1.15 bits per heavy atom. The van der Waals surface area contributed by atoms with Crippen LogP contribution in [-0.2, 0) is 9.59 Å². The highest BCUT2D eigenvalue weighted by molar-refractivity contribution is 6.01. The van der Waals surface area contributed by atoms with E-state index >= 15 is 0 Å². The minimum absolute atomic E-state index is 0.0935. The lowest BCUT2D eigenvalue weighted by Gasteiger charge is -2.26. The Morgan fingerprint density at radius 3 is 2.40 bits per heavy atom. The molecule has 3 rings (SSSR count). The third kappa shape index (κ3) is 2.24. The lowest BCUT2D eigenvalue weighted by atomic mass is 10.1. The first-order valence-electron chi connectivity index (χ1n) is 7.04. The van der Waals surface area contributed by atoms with Gasteiger partial charge >= 0.3 is 5.97 Å². The molecule has 2 aliphatic rings. The van der Waals surface area contributed by atoms with Gasteiger partial charge in [0.1, 0.15) is 0 Å². The zero-order valence-corrected chi connectivity index (χ0v) is 11.3. The van der Waals surface area contributed by atoms with Gasteiger partial charge in [0.05, 0.1) is 17.3 Å². The van der Waals surface area contributed by atoms with Crippen LogP contribution in [0.25, 0.3) is 0 Å². The van der Waals surface area contributed by atoms with Crippen LogP contribution < -0.4 is 9.80 Å². The van der Waals surface area contributed by atoms with Crippen LogP contribution in [0.5, 0.6) is 0 Å². The quantitative estimate of drug-likeness (QED) is 0.911. The molecule has 1 N–H and O–H groups in total. The van der Waals surface area contributed by atoms with Gasteiger partial charge in [-0.3, -0.25) is 9.59 Å². The summed E-state index contributed by atoms with van der Waals surface area (Å²) in [6.07, 6.45) is 2.43. The summed E-state index contributed by atoms with van der Waals surface area (Å²) in [6, 6.07) is 7.79. The van der Waals surface area contributed by atoms with E-state index in [1.165, 1.54) is 12.8 Å². The molecule has 0 radical (unpaired) electrons. The van der Waals surface area contributed by atoms with Gasteiger partial charge in [-0.15, -0.1) is 0 Å². The lowest BCUT2D eigenvalue weighted by Crippen LogP contribution is -2.29. The fourth-order valence-electron chi connectivity index (χ4n) is 3.02. The SMILES string of the molecule is O=C(O)[C@H]1CC(=O)N(c2ccccc2N2CCCC2)C1. The molecule has 2 saturated heterocycles. The van der Waals surface area contributed by atoms with Crippen LogP contribution in [-0.4, -0.2) is 36.6 Å². The first-order chi connectivity index (χ1) is 9.66. The van der Waals surface area contributed by atoms with Crippen molar-refractivity contribution in [3.63, 3.8) is 0 Å². The van der Waals surface area contributed by atoms with Crippen molar-refractivity contribution in [2.45, 2.75) is 19.3 Å². The molecule has 0 saturated carbocycles. The monoisotopic (exact) mass is 274 g/mol. The zero-order chi connectivity index (χ0) is 14.1. The van der Waals surface area contributed by atoms with Crippen LogP contribution in [0.1, 0.15) is 19.3 Å². The number of anilines is 2. The average molecular weight is 274 g/mol. The van der Waals surface area contributed by atoms with Crippen molar-refractivity contribution < 1.29 is 14.7 Å². The minimum Gasteiger partial charge on any atom is -0.481 e. The summed E-state index contributed by atoms with van der Waals surface area (Å²) in [5.41, 5.74) is 1.90. The summed E-state index contributed by atoms with van der Waals surface area (Å²) in [5, 5.41) is 9.09. The molecule has 20 heavy (non-hydrogen) atoms. The molecular formula is C15H18N2O3. The number of carboxylic acid groups (broad SMARTS) is 1. The first kappa shape index (κ1) is 13.0. The molecule has 5 heteroatoms. The normalized spacial score (nSPS) is 22.6. The van der Waals surface area contributed by atoms with E-state index in [4.69, 9.17) is 5.11 Å². The molecule has 0 spiro atoms. The Bertz CT molecular complexity index is 538. The number of amides is 1. The smallest absolute Gasteiger partial charge is 0.308 e. The predicted molar refractivity (Wildman–Crippen MR) is 76.0 cm³/mol. The standard InChI is InChI=1S/C15H18N2O3/c18-14-9-11(15(19)20)10-17(14)13-6-2-1-5-12(13)16-7-3-4-8-16/h1-2,5-6,11H,3-4,7-10H2,(H,19,20)/t11-/m0/s1. The largest absolute Gasteiger partial charge is 0.481 e. The molecule has 5 nitrogen and oxygen atoms in total. The molecule has 0 aromatic heterocycles. The summed E-state index contributed by atoms with van der Waals surface area (Å²) in [5.74, 6) is -1.57. The van der Waals surface area contributed by atoms with Crippen molar-refractivity contribution in [2.24, 2.45) is 5.92 Å². The maximum atomic E-state index is 12.1. The molecule has 0 aliphatic carbocycles. The van der Waals surface area contributed by atoms with Crippen molar-refractivity contribution in [1.82, 2.24) is 0 Å². The summed E-state index contributed by atoms with van der Waals surface area (Å²) in [6.45, 7) is 2.28. The highest BCUT2D eigenvalue weighted by Crippen LogP contribution is 2.35. The summed E-state index contributed by atoms with van der Waals surface area (Å²) >= 11 is 0. The molecule has 2 fully saturated rings. The van der Waals surface area contributed by atoms with Crippen molar-refractivity contribution >= 4 is 23.3 Å². The average Bonchev–Trinajstić information content (AvgIpc) is 3.08. The molecule has 2 aliphatic heterocycles. The fourth-order valence-corrected chi connectivity index (χ4v) is 3.02. The second-order valence-electron chi connectivity index (χ2n) is 5.43. The molecular weight excluding hydrogens is 256 g/mol. The van der Waals surface area contributed by atoms with E-state index in [1.54, 1.807) is 4.90 Å². The predicted octanol–water partition coefficient (Wildman–Crippen LogP) is 1.72. The summed E-state index contributed by atoms with van der Waals surface area (Å²) in [7, 11) is 0. The second-order valence-corrected chi connectivity index (χ2v) is 5.43. The summed E-state index contributed by atoms with van der Waals surface area (Å²) in [4.78, 5) is 27.1. The van der Waals surface area contributed by atoms with E-state index in [0.29, 0.717) is 0 Å². The number of para-hydroxylation sites is 2. The summed E-state index contributed by atoms with van der Waals surface area (Å²) < 4.78 is 0. The van der Waals surface area contributed by atoms with E-state index in [-0.39, 0.29) is 18.9 Å². The zero-order valence-electron chi connectivity index (χ0n) is 11.3. The van der Waals surface area contributed by atoms with E-state index in [1.807, 2.05) is 24.3 Å². The third-order valence-electron chi connectivity index (χ3n) is 4.09. The number of aliphatic carboxylic acids is 1. The van der Waals surface area contributed by atoms with Crippen molar-refractivity contribution in [3.05, 3.63) is 24.3 Å². The van der Waals surface area contributed by atoms with Gasteiger partial charge in [0, 0.05) is 26.1 Å². The van der Waals surface area contributed by atoms with Crippen molar-refractivity contribution in [2.75, 3.05) is 29.4 Å². The number of carbonyl (C=O) groups is 2. The van der Waals surface area contributed by atoms with Gasteiger partial charge in [-0.25, -0.2) is 0 Å². The van der Waals surface area contributed by atoms with E-state index in [9.17, 15) is 9.59 Å². The van der Waals surface area contributed by atoms with Gasteiger partial charge in [0.25, 0.3) is 0 Å². The minimum atomic E-state index is -0.889. The molecule has 106 valence electrons. The Hall–Kier alpha value is -2.04. The number of hydrogen-bond acceptors (Lipinski definition) is 3. The Labute approximate surface area is 117 Å². The fraction of sp³-hybridized carbons (Fsp3) is 0.467. The number of nitrogens with zero attached hydrogens (tertiary/aromatic N) is 2. The molecule has 1 amide bonds. The molecule has 0 unspecified atom stereocenters. The van der Waals surface area contributed by atoms with Gasteiger partial charge in [-0.2, -0.15) is 0 Å². The van der Waals surface area contributed by atoms with Crippen molar-refractivity contribution in [3.8, 4) is 0 Å². The van der Waals surface area contributed by atoms with Gasteiger partial charge in [0.15, 0.2) is 0 Å². The van der Waals surface area contributed by atoms with E-state index < -0.39 is 11.9 Å². The van der Waals surface area contributed by atoms with Crippen molar-refractivity contribution in [1.29, 1.82) is 0 Å². The molecule has 1 aromatic carbocycles. The van der Waals surface area contributed by atoms with Crippen LogP contribution in [0, 0.1) is 5.92 Å².